The van der Waals surface area contributed by atoms with Gasteiger partial charge in [-0.3, -0.25) is 4.79 Å². The van der Waals surface area contributed by atoms with Gasteiger partial charge in [-0.2, -0.15) is 0 Å². The van der Waals surface area contributed by atoms with Crippen LogP contribution in [-0.2, 0) is 4.79 Å². The Labute approximate surface area is 131 Å². The van der Waals surface area contributed by atoms with E-state index in [1.165, 1.54) is 12.8 Å². The summed E-state index contributed by atoms with van der Waals surface area (Å²) in [4.78, 5) is 14.3. The molecule has 1 fully saturated rings. The highest BCUT2D eigenvalue weighted by Crippen LogP contribution is 2.14. The molecule has 0 bridgehead atoms. The molecule has 0 spiro atoms. The standard InChI is InChI=1S/C16H22N2O2S/c17-16(21)13-6-5-7-14(12-13)20-11-10-18-9-4-2-1-3-8-15(18)19/h5-7,12H,1-4,8-11H2,(H2,17,21). The summed E-state index contributed by atoms with van der Waals surface area (Å²) in [6, 6.07) is 7.43. The van der Waals surface area contributed by atoms with E-state index in [0.29, 0.717) is 24.6 Å². The molecule has 1 aliphatic rings. The average Bonchev–Trinajstić information content (AvgIpc) is 2.46. The van der Waals surface area contributed by atoms with Crippen LogP contribution in [0.1, 0.15) is 37.7 Å². The van der Waals surface area contributed by atoms with Crippen molar-refractivity contribution in [1.29, 1.82) is 0 Å². The third kappa shape index (κ3) is 5.01. The second kappa shape index (κ2) is 7.98. The van der Waals surface area contributed by atoms with Crippen LogP contribution in [0, 0.1) is 0 Å². The number of ether oxygens (including phenoxy) is 1. The van der Waals surface area contributed by atoms with Crippen molar-refractivity contribution in [1.82, 2.24) is 4.90 Å². The summed E-state index contributed by atoms with van der Waals surface area (Å²) in [6.45, 7) is 1.97. The minimum absolute atomic E-state index is 0.246. The molecule has 2 rings (SSSR count). The fraction of sp³-hybridized carbons (Fsp3) is 0.500. The molecule has 1 aromatic rings. The van der Waals surface area contributed by atoms with Gasteiger partial charge in [0.1, 0.15) is 17.3 Å². The highest BCUT2D eigenvalue weighted by molar-refractivity contribution is 7.80. The molecule has 0 aromatic heterocycles. The van der Waals surface area contributed by atoms with Crippen LogP contribution in [0.2, 0.25) is 0 Å². The van der Waals surface area contributed by atoms with E-state index in [1.807, 2.05) is 29.2 Å². The van der Waals surface area contributed by atoms with E-state index < -0.39 is 0 Å². The third-order valence-electron chi connectivity index (χ3n) is 3.67. The molecule has 0 radical (unpaired) electrons. The lowest BCUT2D eigenvalue weighted by Gasteiger charge is -2.24. The van der Waals surface area contributed by atoms with Gasteiger partial charge in [-0.25, -0.2) is 0 Å². The van der Waals surface area contributed by atoms with Gasteiger partial charge in [-0.1, -0.05) is 37.2 Å². The monoisotopic (exact) mass is 306 g/mol. The third-order valence-corrected chi connectivity index (χ3v) is 3.91. The molecule has 21 heavy (non-hydrogen) atoms. The minimum atomic E-state index is 0.246. The van der Waals surface area contributed by atoms with Gasteiger partial charge in [0.05, 0.1) is 6.54 Å². The number of thiocarbonyl (C=S) groups is 1. The molecule has 1 aliphatic heterocycles. The second-order valence-electron chi connectivity index (χ2n) is 5.29. The van der Waals surface area contributed by atoms with Crippen LogP contribution in [0.5, 0.6) is 5.75 Å². The van der Waals surface area contributed by atoms with Crippen molar-refractivity contribution in [3.63, 3.8) is 0 Å². The van der Waals surface area contributed by atoms with Crippen molar-refractivity contribution in [2.75, 3.05) is 19.7 Å². The van der Waals surface area contributed by atoms with Crippen molar-refractivity contribution >= 4 is 23.1 Å². The summed E-state index contributed by atoms with van der Waals surface area (Å²) in [5.74, 6) is 0.981. The summed E-state index contributed by atoms with van der Waals surface area (Å²) in [6.07, 6.45) is 5.13. The van der Waals surface area contributed by atoms with Gasteiger partial charge < -0.3 is 15.4 Å². The van der Waals surface area contributed by atoms with Crippen LogP contribution >= 0.6 is 12.2 Å². The number of amides is 1. The molecular formula is C16H22N2O2S. The molecule has 0 atom stereocenters. The first-order chi connectivity index (χ1) is 10.2. The first kappa shape index (κ1) is 15.8. The normalized spacial score (nSPS) is 16.2. The highest BCUT2D eigenvalue weighted by Gasteiger charge is 2.15. The summed E-state index contributed by atoms with van der Waals surface area (Å²) in [5.41, 5.74) is 6.40. The zero-order valence-corrected chi connectivity index (χ0v) is 13.0. The predicted molar refractivity (Wildman–Crippen MR) is 87.5 cm³/mol. The molecular weight excluding hydrogens is 284 g/mol. The Morgan fingerprint density at radius 1 is 1.29 bits per heavy atom. The van der Waals surface area contributed by atoms with Crippen LogP contribution in [0.4, 0.5) is 0 Å². The largest absolute Gasteiger partial charge is 0.492 e. The molecule has 1 heterocycles. The van der Waals surface area contributed by atoms with E-state index in [9.17, 15) is 4.79 Å². The number of benzene rings is 1. The van der Waals surface area contributed by atoms with Gasteiger partial charge >= 0.3 is 0 Å². The number of nitrogens with zero attached hydrogens (tertiary/aromatic N) is 1. The van der Waals surface area contributed by atoms with E-state index in [0.717, 1.165) is 30.7 Å². The van der Waals surface area contributed by atoms with Crippen LogP contribution < -0.4 is 10.5 Å². The molecule has 1 aromatic carbocycles. The zero-order chi connectivity index (χ0) is 15.1. The highest BCUT2D eigenvalue weighted by atomic mass is 32.1. The number of hydrogen-bond donors (Lipinski definition) is 1. The van der Waals surface area contributed by atoms with Crippen molar-refractivity contribution in [2.45, 2.75) is 32.1 Å². The Hall–Kier alpha value is -1.62. The van der Waals surface area contributed by atoms with Crippen LogP contribution in [0.25, 0.3) is 0 Å². The summed E-state index contributed by atoms with van der Waals surface area (Å²) in [5, 5.41) is 0. The SMILES string of the molecule is NC(=S)c1cccc(OCCN2CCCCCCC2=O)c1. The predicted octanol–water partition coefficient (Wildman–Crippen LogP) is 2.49. The molecule has 4 nitrogen and oxygen atoms in total. The molecule has 1 amide bonds. The lowest BCUT2D eigenvalue weighted by Crippen LogP contribution is -2.36. The maximum atomic E-state index is 12.0. The number of hydrogen-bond acceptors (Lipinski definition) is 3. The van der Waals surface area contributed by atoms with Gasteiger partial charge in [0.25, 0.3) is 0 Å². The number of likely N-dealkylation sites (tertiary alicyclic amines) is 1. The van der Waals surface area contributed by atoms with E-state index in [-0.39, 0.29) is 5.91 Å². The lowest BCUT2D eigenvalue weighted by atomic mass is 10.1. The summed E-state index contributed by atoms with van der Waals surface area (Å²) < 4.78 is 5.71. The average molecular weight is 306 g/mol. The van der Waals surface area contributed by atoms with Gasteiger partial charge in [-0.15, -0.1) is 0 Å². The van der Waals surface area contributed by atoms with Gasteiger partial charge in [-0.05, 0) is 25.0 Å². The Kier molecular flexibility index (Phi) is 5.99. The maximum absolute atomic E-state index is 12.0. The Bertz CT molecular complexity index is 505. The van der Waals surface area contributed by atoms with Crippen molar-refractivity contribution in [3.8, 4) is 5.75 Å². The van der Waals surface area contributed by atoms with Gasteiger partial charge in [0.15, 0.2) is 0 Å². The van der Waals surface area contributed by atoms with Crippen LogP contribution in [0.15, 0.2) is 24.3 Å². The maximum Gasteiger partial charge on any atom is 0.222 e. The lowest BCUT2D eigenvalue weighted by molar-refractivity contribution is -0.132. The zero-order valence-electron chi connectivity index (χ0n) is 12.2. The fourth-order valence-corrected chi connectivity index (χ4v) is 2.59. The molecule has 0 saturated carbocycles. The van der Waals surface area contributed by atoms with Crippen molar-refractivity contribution < 1.29 is 9.53 Å². The molecule has 114 valence electrons. The van der Waals surface area contributed by atoms with Crippen molar-refractivity contribution in [3.05, 3.63) is 29.8 Å². The summed E-state index contributed by atoms with van der Waals surface area (Å²) in [7, 11) is 0. The number of carbonyl (C=O) groups excluding carboxylic acids is 1. The Morgan fingerprint density at radius 2 is 2.10 bits per heavy atom. The summed E-state index contributed by atoms with van der Waals surface area (Å²) >= 11 is 4.95. The fourth-order valence-electron chi connectivity index (χ4n) is 2.46. The molecule has 2 N–H and O–H groups in total. The van der Waals surface area contributed by atoms with E-state index in [4.69, 9.17) is 22.7 Å². The second-order valence-corrected chi connectivity index (χ2v) is 5.73. The molecule has 0 aliphatic carbocycles. The Morgan fingerprint density at radius 3 is 2.90 bits per heavy atom. The number of rotatable bonds is 5. The number of carbonyl (C=O) groups is 1. The van der Waals surface area contributed by atoms with Crippen LogP contribution in [-0.4, -0.2) is 35.5 Å². The smallest absolute Gasteiger partial charge is 0.222 e. The van der Waals surface area contributed by atoms with Crippen LogP contribution in [0.3, 0.4) is 0 Å². The minimum Gasteiger partial charge on any atom is -0.492 e. The van der Waals surface area contributed by atoms with E-state index >= 15 is 0 Å². The quantitative estimate of drug-likeness (QED) is 0.849. The van der Waals surface area contributed by atoms with Gasteiger partial charge in [0, 0.05) is 18.5 Å². The topological polar surface area (TPSA) is 55.6 Å². The molecule has 0 unspecified atom stereocenters. The van der Waals surface area contributed by atoms with E-state index in [2.05, 4.69) is 0 Å². The molecule has 1 saturated heterocycles. The van der Waals surface area contributed by atoms with E-state index in [1.54, 1.807) is 0 Å². The first-order valence-corrected chi connectivity index (χ1v) is 7.88. The first-order valence-electron chi connectivity index (χ1n) is 7.47. The van der Waals surface area contributed by atoms with Crippen molar-refractivity contribution in [2.24, 2.45) is 5.73 Å². The molecule has 5 heteroatoms. The van der Waals surface area contributed by atoms with Gasteiger partial charge in [0.2, 0.25) is 5.91 Å². The number of nitrogens with two attached hydrogens (primary N) is 1. The Balaban J connectivity index is 1.83.